The SMILES string of the molecule is CCCCCCC1CC[C@H](C(C)C)C1. The summed E-state index contributed by atoms with van der Waals surface area (Å²) in [5.74, 6) is 3.06. The van der Waals surface area contributed by atoms with Crippen molar-refractivity contribution in [3.05, 3.63) is 0 Å². The monoisotopic (exact) mass is 196 g/mol. The van der Waals surface area contributed by atoms with Gasteiger partial charge in [0.15, 0.2) is 0 Å². The van der Waals surface area contributed by atoms with Gasteiger partial charge in [-0.3, -0.25) is 0 Å². The molecule has 1 unspecified atom stereocenters. The highest BCUT2D eigenvalue weighted by Crippen LogP contribution is 2.38. The van der Waals surface area contributed by atoms with Crippen molar-refractivity contribution >= 4 is 0 Å². The van der Waals surface area contributed by atoms with Crippen molar-refractivity contribution in [3.63, 3.8) is 0 Å². The first-order valence-corrected chi connectivity index (χ1v) is 6.74. The lowest BCUT2D eigenvalue weighted by Gasteiger charge is -2.14. The predicted octanol–water partition coefficient (Wildman–Crippen LogP) is 5.03. The first-order valence-electron chi connectivity index (χ1n) is 6.74. The summed E-state index contributed by atoms with van der Waals surface area (Å²) in [6.45, 7) is 7.08. The van der Waals surface area contributed by atoms with E-state index in [1.165, 1.54) is 51.4 Å². The van der Waals surface area contributed by atoms with E-state index in [2.05, 4.69) is 20.8 Å². The van der Waals surface area contributed by atoms with Crippen molar-refractivity contribution in [3.8, 4) is 0 Å². The van der Waals surface area contributed by atoms with Crippen LogP contribution in [0.3, 0.4) is 0 Å². The number of hydrogen-bond acceptors (Lipinski definition) is 0. The van der Waals surface area contributed by atoms with E-state index in [0.29, 0.717) is 0 Å². The Kier molecular flexibility index (Phi) is 5.59. The molecule has 0 heteroatoms. The normalized spacial score (nSPS) is 27.4. The first-order chi connectivity index (χ1) is 6.74. The van der Waals surface area contributed by atoms with E-state index in [1.807, 2.05) is 0 Å². The minimum absolute atomic E-state index is 0.927. The van der Waals surface area contributed by atoms with E-state index >= 15 is 0 Å². The fraction of sp³-hybridized carbons (Fsp3) is 1.00. The van der Waals surface area contributed by atoms with Crippen molar-refractivity contribution in [1.29, 1.82) is 0 Å². The van der Waals surface area contributed by atoms with Crippen molar-refractivity contribution in [2.24, 2.45) is 17.8 Å². The van der Waals surface area contributed by atoms with Gasteiger partial charge in [0.2, 0.25) is 0 Å². The molecule has 0 aromatic heterocycles. The molecule has 1 aliphatic rings. The maximum Gasteiger partial charge on any atom is -0.0388 e. The summed E-state index contributed by atoms with van der Waals surface area (Å²) >= 11 is 0. The third kappa shape index (κ3) is 4.02. The minimum atomic E-state index is 0.927. The molecule has 0 amide bonds. The average Bonchev–Trinajstić information content (AvgIpc) is 2.61. The highest BCUT2D eigenvalue weighted by Gasteiger charge is 2.25. The van der Waals surface area contributed by atoms with Gasteiger partial charge in [0.05, 0.1) is 0 Å². The van der Waals surface area contributed by atoms with Crippen LogP contribution in [0.25, 0.3) is 0 Å². The summed E-state index contributed by atoms with van der Waals surface area (Å²) in [4.78, 5) is 0. The third-order valence-corrected chi connectivity index (χ3v) is 3.99. The van der Waals surface area contributed by atoms with Crippen LogP contribution in [0.1, 0.15) is 72.1 Å². The van der Waals surface area contributed by atoms with Crippen LogP contribution in [-0.4, -0.2) is 0 Å². The van der Waals surface area contributed by atoms with Gasteiger partial charge in [-0.15, -0.1) is 0 Å². The Morgan fingerprint density at radius 2 is 1.86 bits per heavy atom. The molecule has 1 rings (SSSR count). The summed E-state index contributed by atoms with van der Waals surface area (Å²) in [7, 11) is 0. The van der Waals surface area contributed by atoms with Crippen molar-refractivity contribution in [1.82, 2.24) is 0 Å². The lowest BCUT2D eigenvalue weighted by Crippen LogP contribution is -2.04. The Balaban J connectivity index is 2.04. The Morgan fingerprint density at radius 3 is 2.43 bits per heavy atom. The molecule has 1 fully saturated rings. The molecule has 0 N–H and O–H groups in total. The van der Waals surface area contributed by atoms with Crippen LogP contribution in [0.5, 0.6) is 0 Å². The molecule has 0 heterocycles. The van der Waals surface area contributed by atoms with Crippen LogP contribution < -0.4 is 0 Å². The standard InChI is InChI=1S/C14H28/c1-4-5-6-7-8-13-9-10-14(11-13)12(2)3/h12-14H,4-11H2,1-3H3/t13?,14-/m0/s1. The van der Waals surface area contributed by atoms with E-state index in [4.69, 9.17) is 0 Å². The zero-order valence-electron chi connectivity index (χ0n) is 10.4. The Hall–Kier alpha value is 0. The summed E-state index contributed by atoms with van der Waals surface area (Å²) in [6.07, 6.45) is 11.9. The fourth-order valence-electron chi connectivity index (χ4n) is 2.84. The van der Waals surface area contributed by atoms with Crippen LogP contribution >= 0.6 is 0 Å². The van der Waals surface area contributed by atoms with Crippen LogP contribution in [0.15, 0.2) is 0 Å². The molecule has 0 radical (unpaired) electrons. The second-order valence-electron chi connectivity index (χ2n) is 5.53. The molecule has 0 aromatic rings. The van der Waals surface area contributed by atoms with E-state index in [-0.39, 0.29) is 0 Å². The Morgan fingerprint density at radius 1 is 1.07 bits per heavy atom. The van der Waals surface area contributed by atoms with Crippen LogP contribution in [0, 0.1) is 17.8 Å². The molecule has 2 atom stereocenters. The molecular formula is C14H28. The lowest BCUT2D eigenvalue weighted by molar-refractivity contribution is 0.368. The average molecular weight is 196 g/mol. The number of hydrogen-bond donors (Lipinski definition) is 0. The summed E-state index contributed by atoms with van der Waals surface area (Å²) in [5.41, 5.74) is 0. The molecule has 0 saturated heterocycles. The van der Waals surface area contributed by atoms with Crippen LogP contribution in [-0.2, 0) is 0 Å². The molecule has 0 nitrogen and oxygen atoms in total. The Labute approximate surface area is 90.5 Å². The van der Waals surface area contributed by atoms with E-state index in [1.54, 1.807) is 0 Å². The Bertz CT molecular complexity index is 137. The first kappa shape index (κ1) is 12.1. The predicted molar refractivity (Wildman–Crippen MR) is 64.4 cm³/mol. The van der Waals surface area contributed by atoms with Crippen molar-refractivity contribution < 1.29 is 0 Å². The number of unbranched alkanes of at least 4 members (excludes halogenated alkanes) is 3. The van der Waals surface area contributed by atoms with Gasteiger partial charge in [-0.25, -0.2) is 0 Å². The summed E-state index contributed by atoms with van der Waals surface area (Å²) in [6, 6.07) is 0. The second-order valence-corrected chi connectivity index (χ2v) is 5.53. The topological polar surface area (TPSA) is 0 Å². The van der Waals surface area contributed by atoms with E-state index < -0.39 is 0 Å². The van der Waals surface area contributed by atoms with Gasteiger partial charge in [0, 0.05) is 0 Å². The molecule has 14 heavy (non-hydrogen) atoms. The zero-order valence-corrected chi connectivity index (χ0v) is 10.4. The van der Waals surface area contributed by atoms with E-state index in [0.717, 1.165) is 17.8 Å². The lowest BCUT2D eigenvalue weighted by atomic mass is 9.92. The fourth-order valence-corrected chi connectivity index (χ4v) is 2.84. The van der Waals surface area contributed by atoms with Gasteiger partial charge in [0.25, 0.3) is 0 Å². The van der Waals surface area contributed by atoms with Gasteiger partial charge in [0.1, 0.15) is 0 Å². The van der Waals surface area contributed by atoms with Crippen molar-refractivity contribution in [2.75, 3.05) is 0 Å². The summed E-state index contributed by atoms with van der Waals surface area (Å²) in [5, 5.41) is 0. The van der Waals surface area contributed by atoms with Gasteiger partial charge < -0.3 is 0 Å². The molecule has 0 aliphatic heterocycles. The third-order valence-electron chi connectivity index (χ3n) is 3.99. The molecule has 0 bridgehead atoms. The van der Waals surface area contributed by atoms with Crippen LogP contribution in [0.2, 0.25) is 0 Å². The van der Waals surface area contributed by atoms with Crippen LogP contribution in [0.4, 0.5) is 0 Å². The molecule has 0 spiro atoms. The second kappa shape index (κ2) is 6.48. The zero-order chi connectivity index (χ0) is 10.4. The smallest absolute Gasteiger partial charge is 0.0388 e. The summed E-state index contributed by atoms with van der Waals surface area (Å²) < 4.78 is 0. The molecule has 1 aliphatic carbocycles. The highest BCUT2D eigenvalue weighted by molar-refractivity contribution is 4.77. The van der Waals surface area contributed by atoms with Gasteiger partial charge in [-0.05, 0) is 30.6 Å². The van der Waals surface area contributed by atoms with E-state index in [9.17, 15) is 0 Å². The van der Waals surface area contributed by atoms with Gasteiger partial charge >= 0.3 is 0 Å². The largest absolute Gasteiger partial charge is 0.0654 e. The van der Waals surface area contributed by atoms with Gasteiger partial charge in [-0.2, -0.15) is 0 Å². The van der Waals surface area contributed by atoms with Crippen molar-refractivity contribution in [2.45, 2.75) is 72.1 Å². The highest BCUT2D eigenvalue weighted by atomic mass is 14.3. The molecular weight excluding hydrogens is 168 g/mol. The molecule has 1 saturated carbocycles. The minimum Gasteiger partial charge on any atom is -0.0654 e. The molecule has 0 aromatic carbocycles. The number of rotatable bonds is 6. The maximum absolute atomic E-state index is 2.39. The van der Waals surface area contributed by atoms with Gasteiger partial charge in [-0.1, -0.05) is 59.3 Å². The molecule has 84 valence electrons. The quantitative estimate of drug-likeness (QED) is 0.523. The maximum atomic E-state index is 2.39.